The largest absolute Gasteiger partial charge is 0.314 e. The van der Waals surface area contributed by atoms with Gasteiger partial charge in [0, 0.05) is 25.7 Å². The summed E-state index contributed by atoms with van der Waals surface area (Å²) in [5, 5.41) is 3.60. The second-order valence-corrected chi connectivity index (χ2v) is 8.03. The molecule has 1 saturated carbocycles. The highest BCUT2D eigenvalue weighted by atomic mass is 15.1. The highest BCUT2D eigenvalue weighted by molar-refractivity contribution is 4.86. The molecule has 2 heteroatoms. The molecule has 1 aliphatic heterocycles. The summed E-state index contributed by atoms with van der Waals surface area (Å²) in [6.07, 6.45) is 7.43. The van der Waals surface area contributed by atoms with Crippen molar-refractivity contribution in [3.63, 3.8) is 0 Å². The summed E-state index contributed by atoms with van der Waals surface area (Å²) in [4.78, 5) is 2.74. The molecule has 2 rings (SSSR count). The minimum absolute atomic E-state index is 0.395. The van der Waals surface area contributed by atoms with E-state index in [1.165, 1.54) is 51.7 Å². The molecule has 2 aliphatic rings. The van der Waals surface area contributed by atoms with E-state index in [2.05, 4.69) is 37.9 Å². The summed E-state index contributed by atoms with van der Waals surface area (Å²) in [5.74, 6) is 2.07. The van der Waals surface area contributed by atoms with Crippen LogP contribution in [-0.2, 0) is 0 Å². The van der Waals surface area contributed by atoms with Crippen LogP contribution in [0, 0.1) is 17.3 Å². The Labute approximate surface area is 120 Å². The SMILES string of the molecule is CC(C)NCC(C)(C)CN1CCC2CCCCC2C1. The lowest BCUT2D eigenvalue weighted by atomic mass is 9.74. The number of likely N-dealkylation sites (tertiary alicyclic amines) is 1. The molecule has 1 saturated heterocycles. The topological polar surface area (TPSA) is 15.3 Å². The minimum Gasteiger partial charge on any atom is -0.314 e. The van der Waals surface area contributed by atoms with Crippen LogP contribution in [0.25, 0.3) is 0 Å². The van der Waals surface area contributed by atoms with E-state index in [4.69, 9.17) is 0 Å². The first-order valence-corrected chi connectivity index (χ1v) is 8.42. The number of rotatable bonds is 5. The molecular formula is C17H34N2. The number of piperidine rings is 1. The zero-order chi connectivity index (χ0) is 13.9. The summed E-state index contributed by atoms with van der Waals surface area (Å²) >= 11 is 0. The van der Waals surface area contributed by atoms with Crippen LogP contribution in [0.2, 0.25) is 0 Å². The van der Waals surface area contributed by atoms with Crippen molar-refractivity contribution in [3.8, 4) is 0 Å². The van der Waals surface area contributed by atoms with Gasteiger partial charge in [-0.15, -0.1) is 0 Å². The molecule has 0 aromatic rings. The first kappa shape index (κ1) is 15.3. The fourth-order valence-corrected chi connectivity index (χ4v) is 3.96. The highest BCUT2D eigenvalue weighted by Gasteiger charge is 2.33. The van der Waals surface area contributed by atoms with Crippen LogP contribution in [-0.4, -0.2) is 37.1 Å². The van der Waals surface area contributed by atoms with Gasteiger partial charge >= 0.3 is 0 Å². The maximum absolute atomic E-state index is 3.60. The number of nitrogens with zero attached hydrogens (tertiary/aromatic N) is 1. The van der Waals surface area contributed by atoms with Crippen molar-refractivity contribution in [2.75, 3.05) is 26.2 Å². The van der Waals surface area contributed by atoms with E-state index in [1.807, 2.05) is 0 Å². The van der Waals surface area contributed by atoms with Gasteiger partial charge in [-0.25, -0.2) is 0 Å². The second-order valence-electron chi connectivity index (χ2n) is 8.03. The maximum Gasteiger partial charge on any atom is 0.00449 e. The first-order valence-electron chi connectivity index (χ1n) is 8.42. The van der Waals surface area contributed by atoms with Crippen LogP contribution < -0.4 is 5.32 Å². The minimum atomic E-state index is 0.395. The van der Waals surface area contributed by atoms with Gasteiger partial charge < -0.3 is 10.2 Å². The fraction of sp³-hybridized carbons (Fsp3) is 1.00. The smallest absolute Gasteiger partial charge is 0.00449 e. The van der Waals surface area contributed by atoms with Crippen molar-refractivity contribution in [2.24, 2.45) is 17.3 Å². The Hall–Kier alpha value is -0.0800. The average Bonchev–Trinajstić information content (AvgIpc) is 2.36. The third-order valence-corrected chi connectivity index (χ3v) is 5.02. The molecule has 0 spiro atoms. The molecular weight excluding hydrogens is 232 g/mol. The van der Waals surface area contributed by atoms with Gasteiger partial charge in [-0.05, 0) is 36.6 Å². The van der Waals surface area contributed by atoms with Crippen LogP contribution in [0.15, 0.2) is 0 Å². The Kier molecular flexibility index (Phi) is 5.30. The Morgan fingerprint density at radius 2 is 1.79 bits per heavy atom. The Morgan fingerprint density at radius 1 is 1.11 bits per heavy atom. The molecule has 1 N–H and O–H groups in total. The van der Waals surface area contributed by atoms with Crippen LogP contribution in [0.3, 0.4) is 0 Å². The molecule has 0 bridgehead atoms. The maximum atomic E-state index is 3.60. The average molecular weight is 266 g/mol. The normalized spacial score (nSPS) is 29.5. The van der Waals surface area contributed by atoms with Crippen molar-refractivity contribution in [1.82, 2.24) is 10.2 Å². The second kappa shape index (κ2) is 6.58. The lowest BCUT2D eigenvalue weighted by molar-refractivity contribution is 0.0599. The molecule has 2 fully saturated rings. The van der Waals surface area contributed by atoms with Gasteiger partial charge in [0.1, 0.15) is 0 Å². The quantitative estimate of drug-likeness (QED) is 0.819. The van der Waals surface area contributed by atoms with Crippen molar-refractivity contribution < 1.29 is 0 Å². The predicted molar refractivity (Wildman–Crippen MR) is 83.4 cm³/mol. The van der Waals surface area contributed by atoms with Gasteiger partial charge in [-0.1, -0.05) is 47.0 Å². The zero-order valence-electron chi connectivity index (χ0n) is 13.5. The van der Waals surface area contributed by atoms with Crippen molar-refractivity contribution in [2.45, 2.75) is 65.8 Å². The first-order chi connectivity index (χ1) is 8.96. The van der Waals surface area contributed by atoms with Crippen LogP contribution in [0.1, 0.15) is 59.8 Å². The molecule has 1 aliphatic carbocycles. The summed E-state index contributed by atoms with van der Waals surface area (Å²) < 4.78 is 0. The van der Waals surface area contributed by atoms with Crippen molar-refractivity contribution in [1.29, 1.82) is 0 Å². The third-order valence-electron chi connectivity index (χ3n) is 5.02. The number of fused-ring (bicyclic) bond motifs is 1. The van der Waals surface area contributed by atoms with Gasteiger partial charge in [-0.2, -0.15) is 0 Å². The molecule has 2 nitrogen and oxygen atoms in total. The highest BCUT2D eigenvalue weighted by Crippen LogP contribution is 2.36. The number of nitrogens with one attached hydrogen (secondary N) is 1. The molecule has 19 heavy (non-hydrogen) atoms. The van der Waals surface area contributed by atoms with Gasteiger partial charge in [0.15, 0.2) is 0 Å². The van der Waals surface area contributed by atoms with Gasteiger partial charge in [-0.3, -0.25) is 0 Å². The van der Waals surface area contributed by atoms with E-state index >= 15 is 0 Å². The molecule has 2 unspecified atom stereocenters. The zero-order valence-corrected chi connectivity index (χ0v) is 13.5. The molecule has 1 heterocycles. The van der Waals surface area contributed by atoms with E-state index in [0.29, 0.717) is 11.5 Å². The Bertz CT molecular complexity index is 272. The Morgan fingerprint density at radius 3 is 2.47 bits per heavy atom. The molecule has 112 valence electrons. The standard InChI is InChI=1S/C17H34N2/c1-14(2)18-12-17(3,4)13-19-10-9-15-7-5-6-8-16(15)11-19/h14-16,18H,5-13H2,1-4H3. The molecule has 0 aromatic heterocycles. The van der Waals surface area contributed by atoms with E-state index in [-0.39, 0.29) is 0 Å². The van der Waals surface area contributed by atoms with E-state index in [9.17, 15) is 0 Å². The lowest BCUT2D eigenvalue weighted by Gasteiger charge is -2.44. The van der Waals surface area contributed by atoms with Crippen LogP contribution in [0.4, 0.5) is 0 Å². The van der Waals surface area contributed by atoms with Crippen molar-refractivity contribution in [3.05, 3.63) is 0 Å². The molecule has 0 amide bonds. The third kappa shape index (κ3) is 4.75. The van der Waals surface area contributed by atoms with E-state index in [0.717, 1.165) is 18.4 Å². The summed E-state index contributed by atoms with van der Waals surface area (Å²) in [6.45, 7) is 14.4. The van der Waals surface area contributed by atoms with E-state index < -0.39 is 0 Å². The Balaban J connectivity index is 1.79. The van der Waals surface area contributed by atoms with Gasteiger partial charge in [0.2, 0.25) is 0 Å². The van der Waals surface area contributed by atoms with Gasteiger partial charge in [0.25, 0.3) is 0 Å². The molecule has 2 atom stereocenters. The van der Waals surface area contributed by atoms with Gasteiger partial charge in [0.05, 0.1) is 0 Å². The predicted octanol–water partition coefficient (Wildman–Crippen LogP) is 3.52. The molecule has 0 radical (unpaired) electrons. The number of hydrogen-bond acceptors (Lipinski definition) is 2. The van der Waals surface area contributed by atoms with Crippen molar-refractivity contribution >= 4 is 0 Å². The number of hydrogen-bond donors (Lipinski definition) is 1. The lowest BCUT2D eigenvalue weighted by Crippen LogP contribution is -2.48. The summed E-state index contributed by atoms with van der Waals surface area (Å²) in [5.41, 5.74) is 0.395. The molecule has 0 aromatic carbocycles. The van der Waals surface area contributed by atoms with E-state index in [1.54, 1.807) is 0 Å². The fourth-order valence-electron chi connectivity index (χ4n) is 3.96. The monoisotopic (exact) mass is 266 g/mol. The van der Waals surface area contributed by atoms with Crippen LogP contribution in [0.5, 0.6) is 0 Å². The summed E-state index contributed by atoms with van der Waals surface area (Å²) in [7, 11) is 0. The summed E-state index contributed by atoms with van der Waals surface area (Å²) in [6, 6.07) is 0.600. The van der Waals surface area contributed by atoms with Crippen LogP contribution >= 0.6 is 0 Å².